The van der Waals surface area contributed by atoms with Crippen LogP contribution in [0.2, 0.25) is 0 Å². The first-order valence-corrected chi connectivity index (χ1v) is 9.53. The fourth-order valence-corrected chi connectivity index (χ4v) is 3.17. The van der Waals surface area contributed by atoms with E-state index < -0.39 is 0 Å². The van der Waals surface area contributed by atoms with Gasteiger partial charge in [0.15, 0.2) is 5.96 Å². The van der Waals surface area contributed by atoms with Crippen LogP contribution in [0.1, 0.15) is 57.6 Å². The molecule has 1 aliphatic heterocycles. The Bertz CT molecular complexity index is 475. The van der Waals surface area contributed by atoms with Crippen molar-refractivity contribution in [2.75, 3.05) is 26.2 Å². The number of hydrogen-bond acceptors (Lipinski definition) is 2. The summed E-state index contributed by atoms with van der Waals surface area (Å²) in [6.07, 6.45) is 6.18. The fraction of sp³-hybridized carbons (Fsp3) is 0.650. The Kier molecular flexibility index (Phi) is 8.67. The van der Waals surface area contributed by atoms with Gasteiger partial charge in [0, 0.05) is 32.2 Å². The molecule has 1 aliphatic rings. The zero-order chi connectivity index (χ0) is 17.0. The molecule has 0 saturated carbocycles. The van der Waals surface area contributed by atoms with Gasteiger partial charge in [0.05, 0.1) is 6.10 Å². The van der Waals surface area contributed by atoms with Gasteiger partial charge in [-0.2, -0.15) is 0 Å². The number of guanidine groups is 1. The highest BCUT2D eigenvalue weighted by Gasteiger charge is 2.27. The number of ether oxygens (including phenoxy) is 1. The Morgan fingerprint density at radius 3 is 2.75 bits per heavy atom. The van der Waals surface area contributed by atoms with Crippen LogP contribution in [0.4, 0.5) is 0 Å². The number of nitrogens with zero attached hydrogens (tertiary/aromatic N) is 1. The molecule has 1 aromatic carbocycles. The summed E-state index contributed by atoms with van der Waals surface area (Å²) >= 11 is 0. The van der Waals surface area contributed by atoms with Gasteiger partial charge in [-0.1, -0.05) is 50.1 Å². The average molecular weight is 332 g/mol. The fourth-order valence-electron chi connectivity index (χ4n) is 3.17. The first-order chi connectivity index (χ1) is 11.8. The van der Waals surface area contributed by atoms with Crippen LogP contribution in [0.25, 0.3) is 0 Å². The van der Waals surface area contributed by atoms with Crippen LogP contribution in [0.15, 0.2) is 35.3 Å². The molecule has 0 aromatic heterocycles. The minimum absolute atomic E-state index is 0.173. The number of hydrogen-bond donors (Lipinski definition) is 2. The Labute approximate surface area is 147 Å². The number of rotatable bonds is 8. The predicted molar refractivity (Wildman–Crippen MR) is 101 cm³/mol. The SMILES string of the molecule is CCCCCNC(=NCC1CCCOC1c1ccccc1)NCC. The van der Waals surface area contributed by atoms with Crippen molar-refractivity contribution in [1.29, 1.82) is 0 Å². The number of benzene rings is 1. The maximum Gasteiger partial charge on any atom is 0.191 e. The van der Waals surface area contributed by atoms with Crippen LogP contribution >= 0.6 is 0 Å². The van der Waals surface area contributed by atoms with E-state index in [9.17, 15) is 0 Å². The van der Waals surface area contributed by atoms with Crippen LogP contribution in [-0.2, 0) is 4.74 Å². The average Bonchev–Trinajstić information content (AvgIpc) is 2.64. The molecule has 0 bridgehead atoms. The molecule has 24 heavy (non-hydrogen) atoms. The zero-order valence-electron chi connectivity index (χ0n) is 15.3. The van der Waals surface area contributed by atoms with Crippen LogP contribution in [0.3, 0.4) is 0 Å². The molecule has 4 nitrogen and oxygen atoms in total. The van der Waals surface area contributed by atoms with Crippen molar-refractivity contribution in [2.45, 2.75) is 52.1 Å². The quantitative estimate of drug-likeness (QED) is 0.431. The molecule has 1 aromatic rings. The second kappa shape index (κ2) is 11.1. The summed E-state index contributed by atoms with van der Waals surface area (Å²) in [4.78, 5) is 4.82. The minimum Gasteiger partial charge on any atom is -0.373 e. The monoisotopic (exact) mass is 331 g/mol. The van der Waals surface area contributed by atoms with E-state index >= 15 is 0 Å². The maximum atomic E-state index is 6.07. The predicted octanol–water partition coefficient (Wildman–Crippen LogP) is 3.90. The molecule has 4 heteroatoms. The molecule has 134 valence electrons. The third kappa shape index (κ3) is 6.16. The van der Waals surface area contributed by atoms with E-state index in [1.165, 1.54) is 31.2 Å². The van der Waals surface area contributed by atoms with Gasteiger partial charge in [-0.25, -0.2) is 0 Å². The van der Waals surface area contributed by atoms with Crippen molar-refractivity contribution >= 4 is 5.96 Å². The smallest absolute Gasteiger partial charge is 0.191 e. The molecule has 2 N–H and O–H groups in total. The van der Waals surface area contributed by atoms with Crippen LogP contribution in [0.5, 0.6) is 0 Å². The van der Waals surface area contributed by atoms with Crippen molar-refractivity contribution in [1.82, 2.24) is 10.6 Å². The Hall–Kier alpha value is -1.55. The van der Waals surface area contributed by atoms with Gasteiger partial charge < -0.3 is 15.4 Å². The van der Waals surface area contributed by atoms with Gasteiger partial charge in [-0.15, -0.1) is 0 Å². The lowest BCUT2D eigenvalue weighted by molar-refractivity contribution is -0.0250. The standard InChI is InChI=1S/C20H33N3O/c1-3-5-9-14-22-20(21-4-2)23-16-18-13-10-15-24-19(18)17-11-7-6-8-12-17/h6-8,11-12,18-19H,3-5,9-10,13-16H2,1-2H3,(H2,21,22,23). The summed E-state index contributed by atoms with van der Waals surface area (Å²) < 4.78 is 6.07. The van der Waals surface area contributed by atoms with E-state index in [2.05, 4.69) is 54.8 Å². The summed E-state index contributed by atoms with van der Waals surface area (Å²) in [6.45, 7) is 7.88. The van der Waals surface area contributed by atoms with Gasteiger partial charge in [-0.3, -0.25) is 4.99 Å². The van der Waals surface area contributed by atoms with Crippen LogP contribution in [0, 0.1) is 5.92 Å². The second-order valence-corrected chi connectivity index (χ2v) is 6.46. The summed E-state index contributed by atoms with van der Waals surface area (Å²) in [5.74, 6) is 1.39. The highest BCUT2D eigenvalue weighted by Crippen LogP contribution is 2.33. The molecular formula is C20H33N3O. The summed E-state index contributed by atoms with van der Waals surface area (Å²) in [5.41, 5.74) is 1.28. The molecule has 0 radical (unpaired) electrons. The van der Waals surface area contributed by atoms with Gasteiger partial charge in [0.2, 0.25) is 0 Å². The largest absolute Gasteiger partial charge is 0.373 e. The van der Waals surface area contributed by atoms with Crippen LogP contribution in [-0.4, -0.2) is 32.2 Å². The number of aliphatic imine (C=N–C) groups is 1. The highest BCUT2D eigenvalue weighted by molar-refractivity contribution is 5.79. The molecule has 2 unspecified atom stereocenters. The molecule has 1 heterocycles. The molecule has 1 saturated heterocycles. The molecule has 0 amide bonds. The first-order valence-electron chi connectivity index (χ1n) is 9.53. The Morgan fingerprint density at radius 1 is 1.17 bits per heavy atom. The molecule has 1 fully saturated rings. The minimum atomic E-state index is 0.173. The topological polar surface area (TPSA) is 45.7 Å². The van der Waals surface area contributed by atoms with Crippen molar-refractivity contribution in [3.63, 3.8) is 0 Å². The lowest BCUT2D eigenvalue weighted by Crippen LogP contribution is -2.38. The number of unbranched alkanes of at least 4 members (excludes halogenated alkanes) is 2. The van der Waals surface area contributed by atoms with Gasteiger partial charge in [0.25, 0.3) is 0 Å². The van der Waals surface area contributed by atoms with Gasteiger partial charge in [0.1, 0.15) is 0 Å². The molecule has 0 aliphatic carbocycles. The van der Waals surface area contributed by atoms with Crippen LogP contribution < -0.4 is 10.6 Å². The molecule has 2 rings (SSSR count). The van der Waals surface area contributed by atoms with E-state index in [0.717, 1.165) is 38.6 Å². The van der Waals surface area contributed by atoms with E-state index in [-0.39, 0.29) is 6.10 Å². The van der Waals surface area contributed by atoms with E-state index in [1.807, 2.05) is 0 Å². The summed E-state index contributed by atoms with van der Waals surface area (Å²) in [6, 6.07) is 10.6. The molecule has 2 atom stereocenters. The lowest BCUT2D eigenvalue weighted by atomic mass is 9.89. The van der Waals surface area contributed by atoms with Crippen molar-refractivity contribution in [2.24, 2.45) is 10.9 Å². The van der Waals surface area contributed by atoms with Crippen molar-refractivity contribution in [3.8, 4) is 0 Å². The summed E-state index contributed by atoms with van der Waals surface area (Å²) in [7, 11) is 0. The normalized spacial score (nSPS) is 21.5. The maximum absolute atomic E-state index is 6.07. The Balaban J connectivity index is 1.94. The third-order valence-electron chi connectivity index (χ3n) is 4.47. The lowest BCUT2D eigenvalue weighted by Gasteiger charge is -2.31. The molecule has 0 spiro atoms. The third-order valence-corrected chi connectivity index (χ3v) is 4.47. The first kappa shape index (κ1) is 18.8. The van der Waals surface area contributed by atoms with Gasteiger partial charge in [-0.05, 0) is 31.7 Å². The van der Waals surface area contributed by atoms with E-state index in [0.29, 0.717) is 5.92 Å². The highest BCUT2D eigenvalue weighted by atomic mass is 16.5. The second-order valence-electron chi connectivity index (χ2n) is 6.46. The summed E-state index contributed by atoms with van der Waals surface area (Å²) in [5, 5.41) is 6.80. The van der Waals surface area contributed by atoms with Crippen molar-refractivity contribution < 1.29 is 4.74 Å². The van der Waals surface area contributed by atoms with Crippen molar-refractivity contribution in [3.05, 3.63) is 35.9 Å². The van der Waals surface area contributed by atoms with Gasteiger partial charge >= 0.3 is 0 Å². The zero-order valence-corrected chi connectivity index (χ0v) is 15.3. The van der Waals surface area contributed by atoms with E-state index in [4.69, 9.17) is 9.73 Å². The van der Waals surface area contributed by atoms with E-state index in [1.54, 1.807) is 0 Å². The number of nitrogens with one attached hydrogen (secondary N) is 2. The Morgan fingerprint density at radius 2 is 2.00 bits per heavy atom. The molecular weight excluding hydrogens is 298 g/mol.